The van der Waals surface area contributed by atoms with Crippen molar-refractivity contribution in [2.45, 2.75) is 72.3 Å². The maximum Gasteiger partial charge on any atom is 0.460 e. The fourth-order valence-corrected chi connectivity index (χ4v) is 3.13. The number of alkyl halides is 21. The van der Waals surface area contributed by atoms with Gasteiger partial charge in [0.15, 0.2) is 0 Å². The molecule has 0 aromatic carbocycles. The van der Waals surface area contributed by atoms with Gasteiger partial charge in [0.2, 0.25) is 0 Å². The molecule has 0 heterocycles. The zero-order chi connectivity index (χ0) is 32.1. The summed E-state index contributed by atoms with van der Waals surface area (Å²) in [4.78, 5) is 10.2. The van der Waals surface area contributed by atoms with Gasteiger partial charge >= 0.3 is 65.4 Å². The van der Waals surface area contributed by atoms with Crippen LogP contribution in [-0.2, 0) is 4.79 Å². The third-order valence-electron chi connectivity index (χ3n) is 4.60. The largest absolute Gasteiger partial charge is 0.481 e. The number of carbonyl (C=O) groups is 1. The first-order chi connectivity index (χ1) is 16.7. The van der Waals surface area contributed by atoms with Crippen molar-refractivity contribution < 1.29 is 102 Å². The van der Waals surface area contributed by atoms with E-state index in [4.69, 9.17) is 5.11 Å². The molecule has 0 aliphatic carbocycles. The monoisotopic (exact) mass is 652 g/mol. The second-order valence-corrected chi connectivity index (χ2v) is 8.53. The summed E-state index contributed by atoms with van der Waals surface area (Å²) in [5, 5.41) is 8.24. The van der Waals surface area contributed by atoms with Crippen molar-refractivity contribution in [1.29, 1.82) is 0 Å². The van der Waals surface area contributed by atoms with E-state index in [2.05, 4.69) is 0 Å². The van der Waals surface area contributed by atoms with E-state index in [1.54, 1.807) is 0 Å². The average molecular weight is 652 g/mol. The lowest BCUT2D eigenvalue weighted by Gasteiger charge is -2.44. The van der Waals surface area contributed by atoms with Crippen LogP contribution in [0.5, 0.6) is 0 Å². The molecule has 0 bridgehead atoms. The van der Waals surface area contributed by atoms with Crippen LogP contribution in [-0.4, -0.2) is 82.1 Å². The Morgan fingerprint density at radius 2 is 0.744 bits per heavy atom. The van der Waals surface area contributed by atoms with E-state index >= 15 is 0 Å². The van der Waals surface area contributed by atoms with E-state index in [-0.39, 0.29) is 11.8 Å². The number of hydrogen-bond donors (Lipinski definition) is 1. The molecule has 0 atom stereocenters. The van der Waals surface area contributed by atoms with Gasteiger partial charge in [-0.3, -0.25) is 4.79 Å². The summed E-state index contributed by atoms with van der Waals surface area (Å²) < 4.78 is 277. The van der Waals surface area contributed by atoms with Crippen LogP contribution in [0.3, 0.4) is 0 Å². The van der Waals surface area contributed by atoms with Crippen molar-refractivity contribution >= 4 is 17.7 Å². The van der Waals surface area contributed by atoms with Crippen molar-refractivity contribution in [1.82, 2.24) is 0 Å². The highest BCUT2D eigenvalue weighted by molar-refractivity contribution is 7.99. The van der Waals surface area contributed by atoms with Crippen molar-refractivity contribution in [3.05, 3.63) is 0 Å². The van der Waals surface area contributed by atoms with Gasteiger partial charge < -0.3 is 5.11 Å². The minimum Gasteiger partial charge on any atom is -0.481 e. The van der Waals surface area contributed by atoms with Gasteiger partial charge in [-0.05, 0) is 5.75 Å². The van der Waals surface area contributed by atoms with Gasteiger partial charge in [-0.1, -0.05) is 0 Å². The molecular weight excluding hydrogens is 643 g/mol. The standard InChI is InChI=1S/C15H9F21O2S/c16-6(17,2-4-39-3-1-5(37)38)7(18,19)8(20,21)9(22,23)10(24,25)11(26,27)12(28,29)13(30,31)14(32,33)15(34,35)36/h1-4H2,(H,37,38). The summed E-state index contributed by atoms with van der Waals surface area (Å²) in [6.45, 7) is 0. The number of rotatable bonds is 14. The molecule has 39 heavy (non-hydrogen) atoms. The first-order valence-corrected chi connectivity index (χ1v) is 10.1. The van der Waals surface area contributed by atoms with Crippen molar-refractivity contribution in [2.75, 3.05) is 11.5 Å². The Kier molecular flexibility index (Phi) is 9.88. The van der Waals surface area contributed by atoms with Crippen LogP contribution >= 0.6 is 11.8 Å². The number of aliphatic carboxylic acids is 1. The van der Waals surface area contributed by atoms with Crippen molar-refractivity contribution in [3.63, 3.8) is 0 Å². The Bertz CT molecular complexity index is 877. The van der Waals surface area contributed by atoms with Crippen LogP contribution in [0.4, 0.5) is 92.2 Å². The Labute approximate surface area is 204 Å². The summed E-state index contributed by atoms with van der Waals surface area (Å²) in [6, 6.07) is 0. The van der Waals surface area contributed by atoms with Crippen LogP contribution < -0.4 is 0 Å². The number of halogens is 21. The second-order valence-electron chi connectivity index (χ2n) is 7.30. The predicted molar refractivity (Wildman–Crippen MR) is 84.8 cm³/mol. The van der Waals surface area contributed by atoms with E-state index in [1.165, 1.54) is 0 Å². The van der Waals surface area contributed by atoms with Crippen LogP contribution in [0, 0.1) is 0 Å². The van der Waals surface area contributed by atoms with E-state index in [0.29, 0.717) is 0 Å². The fraction of sp³-hybridized carbons (Fsp3) is 0.933. The molecule has 0 unspecified atom stereocenters. The topological polar surface area (TPSA) is 37.3 Å². The molecule has 1 N–H and O–H groups in total. The van der Waals surface area contributed by atoms with Gasteiger partial charge in [0.1, 0.15) is 0 Å². The summed E-state index contributed by atoms with van der Waals surface area (Å²) in [5.74, 6) is -80.9. The Balaban J connectivity index is 6.64. The first kappa shape index (κ1) is 37.4. The highest BCUT2D eigenvalue weighted by Gasteiger charge is 2.97. The number of carboxylic acids is 1. The normalized spacial score (nSPS) is 16.0. The van der Waals surface area contributed by atoms with E-state index in [9.17, 15) is 97.0 Å². The third-order valence-corrected chi connectivity index (χ3v) is 5.58. The quantitative estimate of drug-likeness (QED) is 0.154. The molecule has 2 nitrogen and oxygen atoms in total. The van der Waals surface area contributed by atoms with Gasteiger partial charge in [-0.2, -0.15) is 104 Å². The zero-order valence-corrected chi connectivity index (χ0v) is 18.3. The van der Waals surface area contributed by atoms with Gasteiger partial charge in [-0.25, -0.2) is 0 Å². The number of carboxylic acid groups (broad SMARTS) is 1. The van der Waals surface area contributed by atoms with Crippen molar-refractivity contribution in [2.24, 2.45) is 0 Å². The Morgan fingerprint density at radius 3 is 1.03 bits per heavy atom. The molecule has 0 amide bonds. The predicted octanol–water partition coefficient (Wildman–Crippen LogP) is 7.86. The van der Waals surface area contributed by atoms with E-state index < -0.39 is 89.8 Å². The lowest BCUT2D eigenvalue weighted by molar-refractivity contribution is -0.474. The highest BCUT2D eigenvalue weighted by atomic mass is 32.2. The molecule has 0 aliphatic heterocycles. The maximum atomic E-state index is 13.7. The minimum absolute atomic E-state index is 0.0773. The Morgan fingerprint density at radius 1 is 0.462 bits per heavy atom. The summed E-state index contributed by atoms with van der Waals surface area (Å²) in [6.07, 6.45) is -11.7. The molecular formula is C15H9F21O2S. The molecule has 0 radical (unpaired) electrons. The molecule has 0 aromatic heterocycles. The molecule has 0 fully saturated rings. The highest BCUT2D eigenvalue weighted by Crippen LogP contribution is 2.66. The summed E-state index contributed by atoms with van der Waals surface area (Å²) >= 11 is -0.0773. The third kappa shape index (κ3) is 5.49. The van der Waals surface area contributed by atoms with E-state index in [0.717, 1.165) is 0 Å². The van der Waals surface area contributed by atoms with Crippen LogP contribution in [0.1, 0.15) is 12.8 Å². The van der Waals surface area contributed by atoms with Gasteiger partial charge in [-0.15, -0.1) is 0 Å². The molecule has 234 valence electrons. The van der Waals surface area contributed by atoms with Gasteiger partial charge in [0, 0.05) is 12.2 Å². The van der Waals surface area contributed by atoms with Gasteiger partial charge in [0.05, 0.1) is 6.42 Å². The van der Waals surface area contributed by atoms with E-state index in [1.807, 2.05) is 0 Å². The molecule has 24 heteroatoms. The maximum absolute atomic E-state index is 13.7. The van der Waals surface area contributed by atoms with Crippen LogP contribution in [0.2, 0.25) is 0 Å². The molecule has 0 rings (SSSR count). The van der Waals surface area contributed by atoms with Crippen LogP contribution in [0.15, 0.2) is 0 Å². The lowest BCUT2D eigenvalue weighted by Crippen LogP contribution is -2.76. The molecule has 0 spiro atoms. The smallest absolute Gasteiger partial charge is 0.460 e. The summed E-state index contributed by atoms with van der Waals surface area (Å²) in [7, 11) is 0. The second kappa shape index (κ2) is 10.3. The van der Waals surface area contributed by atoms with Crippen LogP contribution in [0.25, 0.3) is 0 Å². The minimum atomic E-state index is -9.19. The Hall–Kier alpha value is -1.65. The average Bonchev–Trinajstić information content (AvgIpc) is 2.71. The molecule has 0 saturated heterocycles. The zero-order valence-electron chi connectivity index (χ0n) is 17.5. The fourth-order valence-electron chi connectivity index (χ4n) is 2.21. The molecule has 0 saturated carbocycles. The molecule has 0 aliphatic rings. The lowest BCUT2D eigenvalue weighted by atomic mass is 9.86. The first-order valence-electron chi connectivity index (χ1n) is 8.93. The van der Waals surface area contributed by atoms with Crippen molar-refractivity contribution in [3.8, 4) is 0 Å². The summed E-state index contributed by atoms with van der Waals surface area (Å²) in [5.41, 5.74) is 0. The van der Waals surface area contributed by atoms with Gasteiger partial charge in [0.25, 0.3) is 0 Å². The SMILES string of the molecule is O=C(O)CCSCCC(F)(F)C(F)(F)C(F)(F)C(F)(F)C(F)(F)C(F)(F)C(F)(F)C(F)(F)C(F)(F)C(F)(F)F. The number of hydrogen-bond acceptors (Lipinski definition) is 2. The molecule has 0 aromatic rings. The number of thioether (sulfide) groups is 1.